The zero-order valence-electron chi connectivity index (χ0n) is 22.9. The monoisotopic (exact) mass is 583 g/mol. The van der Waals surface area contributed by atoms with Crippen molar-refractivity contribution in [3.05, 3.63) is 88.6 Å². The number of ether oxygens (including phenoxy) is 4. The van der Waals surface area contributed by atoms with Crippen molar-refractivity contribution in [2.75, 3.05) is 34.0 Å². The Labute approximate surface area is 238 Å². The molecule has 1 aromatic heterocycles. The van der Waals surface area contributed by atoms with E-state index in [-0.39, 0.29) is 45.1 Å². The highest BCUT2D eigenvalue weighted by atomic mass is 32.1. The van der Waals surface area contributed by atoms with Gasteiger partial charge in [0.2, 0.25) is 0 Å². The van der Waals surface area contributed by atoms with Crippen molar-refractivity contribution in [1.29, 1.82) is 0 Å². The molecule has 0 bridgehead atoms. The molecule has 1 aliphatic heterocycles. The second-order valence-electron chi connectivity index (χ2n) is 8.94. The molecule has 0 unspecified atom stereocenters. The molecule has 1 atom stereocenters. The number of phenolic OH excluding ortho intramolecular Hbond substituents is 1. The van der Waals surface area contributed by atoms with E-state index in [2.05, 4.69) is 4.99 Å². The SMILES string of the molecule is CCCOc1c(OC)cccc1[C@@H]1C(C(=O)OCCOC)=C(C)N=c2s/c(=C/c3cc([N+](=O)[O-])ccc3O)c(=O)n21. The van der Waals surface area contributed by atoms with Crippen LogP contribution < -0.4 is 24.4 Å². The Morgan fingerprint density at radius 1 is 1.22 bits per heavy atom. The van der Waals surface area contributed by atoms with Crippen LogP contribution in [-0.2, 0) is 14.3 Å². The van der Waals surface area contributed by atoms with E-state index in [0.717, 1.165) is 11.3 Å². The van der Waals surface area contributed by atoms with Crippen molar-refractivity contribution >= 4 is 29.1 Å². The van der Waals surface area contributed by atoms with Gasteiger partial charge in [-0.2, -0.15) is 0 Å². The number of aromatic hydroxyl groups is 1. The van der Waals surface area contributed by atoms with Crippen LogP contribution in [-0.4, -0.2) is 54.6 Å². The van der Waals surface area contributed by atoms with E-state index in [1.54, 1.807) is 25.1 Å². The van der Waals surface area contributed by atoms with Gasteiger partial charge in [0, 0.05) is 30.4 Å². The van der Waals surface area contributed by atoms with Crippen LogP contribution in [0.5, 0.6) is 17.2 Å². The standard InChI is InChI=1S/C28H29N3O9S/c1-5-11-39-25-19(7-6-8-21(25)38-4)24-23(27(34)40-13-12-37-3)16(2)29-28-30(24)26(33)22(41-28)15-17-14-18(31(35)36)9-10-20(17)32/h6-10,14-15,24,32H,5,11-13H2,1-4H3/b22-15+/t24-/m1/s1. The highest BCUT2D eigenvalue weighted by Gasteiger charge is 2.36. The van der Waals surface area contributed by atoms with Crippen LogP contribution >= 0.6 is 11.3 Å². The summed E-state index contributed by atoms with van der Waals surface area (Å²) in [5.74, 6) is -0.131. The van der Waals surface area contributed by atoms with Gasteiger partial charge in [-0.15, -0.1) is 0 Å². The Balaban J connectivity index is 1.98. The number of methoxy groups -OCH3 is 2. The van der Waals surface area contributed by atoms with Gasteiger partial charge in [0.25, 0.3) is 11.2 Å². The molecule has 0 radical (unpaired) electrons. The summed E-state index contributed by atoms with van der Waals surface area (Å²) in [6.45, 7) is 4.13. The quantitative estimate of drug-likeness (QED) is 0.155. The van der Waals surface area contributed by atoms with E-state index < -0.39 is 22.5 Å². The first-order valence-electron chi connectivity index (χ1n) is 12.7. The Hall–Kier alpha value is -4.49. The molecule has 4 rings (SSSR count). The van der Waals surface area contributed by atoms with Gasteiger partial charge < -0.3 is 24.1 Å². The van der Waals surface area contributed by atoms with Gasteiger partial charge in [-0.25, -0.2) is 9.79 Å². The molecule has 216 valence electrons. The van der Waals surface area contributed by atoms with Gasteiger partial charge in [-0.1, -0.05) is 30.4 Å². The zero-order chi connectivity index (χ0) is 29.7. The number of phenols is 1. The fourth-order valence-corrected chi connectivity index (χ4v) is 5.39. The van der Waals surface area contributed by atoms with Crippen LogP contribution in [0.1, 0.15) is 37.4 Å². The molecule has 12 nitrogen and oxygen atoms in total. The van der Waals surface area contributed by atoms with Crippen LogP contribution in [0, 0.1) is 10.1 Å². The summed E-state index contributed by atoms with van der Waals surface area (Å²) in [5.41, 5.74) is 0.274. The van der Waals surface area contributed by atoms with Gasteiger partial charge in [0.05, 0.1) is 41.0 Å². The van der Waals surface area contributed by atoms with Crippen molar-refractivity contribution in [3.63, 3.8) is 0 Å². The molecule has 2 aromatic carbocycles. The highest BCUT2D eigenvalue weighted by Crippen LogP contribution is 2.41. The fraction of sp³-hybridized carbons (Fsp3) is 0.321. The third-order valence-corrected chi connectivity index (χ3v) is 7.23. The van der Waals surface area contributed by atoms with Crippen molar-refractivity contribution in [3.8, 4) is 17.2 Å². The van der Waals surface area contributed by atoms with Crippen molar-refractivity contribution in [2.24, 2.45) is 4.99 Å². The smallest absolute Gasteiger partial charge is 0.338 e. The van der Waals surface area contributed by atoms with Crippen LogP contribution in [0.25, 0.3) is 6.08 Å². The minimum Gasteiger partial charge on any atom is -0.507 e. The molecule has 0 aliphatic carbocycles. The number of hydrogen-bond donors (Lipinski definition) is 1. The molecule has 3 aromatic rings. The lowest BCUT2D eigenvalue weighted by atomic mass is 9.94. The number of thiazole rings is 1. The molecule has 0 saturated carbocycles. The number of benzene rings is 2. The summed E-state index contributed by atoms with van der Waals surface area (Å²) in [7, 11) is 2.98. The van der Waals surface area contributed by atoms with Gasteiger partial charge >= 0.3 is 5.97 Å². The fourth-order valence-electron chi connectivity index (χ4n) is 4.35. The minimum absolute atomic E-state index is 0.00732. The summed E-state index contributed by atoms with van der Waals surface area (Å²) in [4.78, 5) is 42.9. The summed E-state index contributed by atoms with van der Waals surface area (Å²) < 4.78 is 23.6. The normalized spacial score (nSPS) is 14.8. The lowest BCUT2D eigenvalue weighted by Gasteiger charge is -2.27. The molecule has 1 N–H and O–H groups in total. The van der Waals surface area contributed by atoms with Crippen molar-refractivity contribution in [1.82, 2.24) is 4.57 Å². The summed E-state index contributed by atoms with van der Waals surface area (Å²) in [5, 5.41) is 21.6. The molecular weight excluding hydrogens is 554 g/mol. The summed E-state index contributed by atoms with van der Waals surface area (Å²) >= 11 is 1.02. The third kappa shape index (κ3) is 6.00. The number of para-hydroxylation sites is 1. The summed E-state index contributed by atoms with van der Waals surface area (Å²) in [6.07, 6.45) is 2.06. The van der Waals surface area contributed by atoms with Crippen LogP contribution in [0.15, 0.2) is 57.5 Å². The predicted molar refractivity (Wildman–Crippen MR) is 150 cm³/mol. The van der Waals surface area contributed by atoms with E-state index >= 15 is 0 Å². The van der Waals surface area contributed by atoms with E-state index in [4.69, 9.17) is 18.9 Å². The van der Waals surface area contributed by atoms with Gasteiger partial charge in [-0.3, -0.25) is 19.5 Å². The topological polar surface area (TPSA) is 152 Å². The molecule has 1 aliphatic rings. The maximum absolute atomic E-state index is 13.9. The lowest BCUT2D eigenvalue weighted by molar-refractivity contribution is -0.384. The first-order chi connectivity index (χ1) is 19.7. The second kappa shape index (κ2) is 12.8. The number of nitrogens with zero attached hydrogens (tertiary/aromatic N) is 3. The van der Waals surface area contributed by atoms with E-state index in [1.807, 2.05) is 6.92 Å². The zero-order valence-corrected chi connectivity index (χ0v) is 23.7. The Morgan fingerprint density at radius 2 is 2.00 bits per heavy atom. The molecule has 2 heterocycles. The number of non-ortho nitro benzene ring substituents is 1. The van der Waals surface area contributed by atoms with Crippen LogP contribution in [0.4, 0.5) is 5.69 Å². The maximum Gasteiger partial charge on any atom is 0.338 e. The number of carbonyl (C=O) groups excluding carboxylic acids is 1. The average Bonchev–Trinajstić information content (AvgIpc) is 3.25. The number of esters is 1. The number of fused-ring (bicyclic) bond motifs is 1. The van der Waals surface area contributed by atoms with Gasteiger partial charge in [-0.05, 0) is 31.6 Å². The molecule has 13 heteroatoms. The molecule has 0 spiro atoms. The van der Waals surface area contributed by atoms with E-state index in [1.165, 1.54) is 43.1 Å². The molecule has 0 fully saturated rings. The number of carbonyl (C=O) groups is 1. The Bertz CT molecular complexity index is 1690. The number of aromatic nitrogens is 1. The number of nitro benzene ring substituents is 1. The van der Waals surface area contributed by atoms with Crippen molar-refractivity contribution in [2.45, 2.75) is 26.3 Å². The molecule has 0 amide bonds. The molecular formula is C28H29N3O9S. The number of nitro groups is 1. The number of allylic oxidation sites excluding steroid dienone is 1. The first kappa shape index (κ1) is 29.5. The summed E-state index contributed by atoms with van der Waals surface area (Å²) in [6, 6.07) is 7.72. The highest BCUT2D eigenvalue weighted by molar-refractivity contribution is 7.07. The van der Waals surface area contributed by atoms with E-state index in [9.17, 15) is 24.8 Å². The molecule has 0 saturated heterocycles. The lowest BCUT2D eigenvalue weighted by Crippen LogP contribution is -2.40. The third-order valence-electron chi connectivity index (χ3n) is 6.25. The minimum atomic E-state index is -0.996. The predicted octanol–water partition coefficient (Wildman–Crippen LogP) is 2.84. The van der Waals surface area contributed by atoms with Crippen LogP contribution in [0.2, 0.25) is 0 Å². The van der Waals surface area contributed by atoms with Gasteiger partial charge in [0.1, 0.15) is 18.4 Å². The van der Waals surface area contributed by atoms with Crippen molar-refractivity contribution < 1.29 is 33.8 Å². The Morgan fingerprint density at radius 3 is 2.68 bits per heavy atom. The average molecular weight is 584 g/mol. The van der Waals surface area contributed by atoms with Gasteiger partial charge in [0.15, 0.2) is 16.3 Å². The number of hydrogen-bond acceptors (Lipinski definition) is 11. The number of rotatable bonds is 11. The Kier molecular flexibility index (Phi) is 9.20. The molecule has 41 heavy (non-hydrogen) atoms. The largest absolute Gasteiger partial charge is 0.507 e. The maximum atomic E-state index is 13.9. The first-order valence-corrected chi connectivity index (χ1v) is 13.5. The van der Waals surface area contributed by atoms with E-state index in [0.29, 0.717) is 35.8 Å². The second-order valence-corrected chi connectivity index (χ2v) is 9.95. The van der Waals surface area contributed by atoms with Crippen LogP contribution in [0.3, 0.4) is 0 Å².